The molecule has 2 N–H and O–H groups in total. The molecule has 0 aromatic rings. The third-order valence-corrected chi connectivity index (χ3v) is 3.23. The Balaban J connectivity index is 2.23. The average molecular weight is 301 g/mol. The predicted molar refractivity (Wildman–Crippen MR) is 79.3 cm³/mol. The molecule has 0 atom stereocenters. The van der Waals surface area contributed by atoms with Gasteiger partial charge in [0.05, 0.1) is 13.2 Å². The summed E-state index contributed by atoms with van der Waals surface area (Å²) in [5.74, 6) is -0.748. The zero-order chi connectivity index (χ0) is 15.7. The first-order valence-corrected chi connectivity index (χ1v) is 7.53. The Morgan fingerprint density at radius 3 is 2.57 bits per heavy atom. The third kappa shape index (κ3) is 7.87. The maximum atomic E-state index is 12.0. The van der Waals surface area contributed by atoms with Crippen LogP contribution in [0.3, 0.4) is 0 Å². The summed E-state index contributed by atoms with van der Waals surface area (Å²) in [5.41, 5.74) is 0. The maximum Gasteiger partial charge on any atom is 0.323 e. The van der Waals surface area contributed by atoms with Gasteiger partial charge in [0.2, 0.25) is 0 Å². The molecule has 0 radical (unpaired) electrons. The van der Waals surface area contributed by atoms with Gasteiger partial charge in [-0.15, -0.1) is 0 Å². The SMILES string of the molecule is CC(C)CN(CC(=O)O)C(=O)NCCCN1CCOCC1. The number of rotatable bonds is 8. The summed E-state index contributed by atoms with van der Waals surface area (Å²) in [5, 5.41) is 11.6. The summed E-state index contributed by atoms with van der Waals surface area (Å²) < 4.78 is 5.28. The highest BCUT2D eigenvalue weighted by Gasteiger charge is 2.17. The molecule has 1 aliphatic rings. The van der Waals surface area contributed by atoms with E-state index in [2.05, 4.69) is 10.2 Å². The number of carboxylic acid groups (broad SMARTS) is 1. The largest absolute Gasteiger partial charge is 0.480 e. The Bertz CT molecular complexity index is 330. The molecule has 1 saturated heterocycles. The summed E-state index contributed by atoms with van der Waals surface area (Å²) in [4.78, 5) is 26.4. The highest BCUT2D eigenvalue weighted by atomic mass is 16.5. The van der Waals surface area contributed by atoms with Crippen molar-refractivity contribution in [1.29, 1.82) is 0 Å². The predicted octanol–water partition coefficient (Wildman–Crippen LogP) is 0.461. The normalized spacial score (nSPS) is 16.0. The Labute approximate surface area is 126 Å². The Morgan fingerprint density at radius 2 is 2.00 bits per heavy atom. The van der Waals surface area contributed by atoms with Gasteiger partial charge < -0.3 is 20.1 Å². The van der Waals surface area contributed by atoms with Crippen LogP contribution in [0.2, 0.25) is 0 Å². The van der Waals surface area contributed by atoms with Gasteiger partial charge in [0.15, 0.2) is 0 Å². The second-order valence-electron chi connectivity index (χ2n) is 5.71. The lowest BCUT2D eigenvalue weighted by Crippen LogP contribution is -2.45. The number of carbonyl (C=O) groups excluding carboxylic acids is 1. The molecule has 1 fully saturated rings. The van der Waals surface area contributed by atoms with E-state index >= 15 is 0 Å². The van der Waals surface area contributed by atoms with Crippen molar-refractivity contribution in [3.63, 3.8) is 0 Å². The van der Waals surface area contributed by atoms with Crippen LogP contribution in [0.4, 0.5) is 4.79 Å². The number of amides is 2. The summed E-state index contributed by atoms with van der Waals surface area (Å²) in [6, 6.07) is -0.298. The summed E-state index contributed by atoms with van der Waals surface area (Å²) in [7, 11) is 0. The van der Waals surface area contributed by atoms with Crippen LogP contribution < -0.4 is 5.32 Å². The van der Waals surface area contributed by atoms with Gasteiger partial charge in [-0.3, -0.25) is 9.69 Å². The van der Waals surface area contributed by atoms with Crippen molar-refractivity contribution in [3.05, 3.63) is 0 Å². The number of aliphatic carboxylic acids is 1. The fraction of sp³-hybridized carbons (Fsp3) is 0.857. The van der Waals surface area contributed by atoms with Crippen LogP contribution in [0.5, 0.6) is 0 Å². The molecule has 0 spiro atoms. The van der Waals surface area contributed by atoms with Crippen LogP contribution >= 0.6 is 0 Å². The summed E-state index contributed by atoms with van der Waals surface area (Å²) >= 11 is 0. The number of carboxylic acids is 1. The van der Waals surface area contributed by atoms with Crippen LogP contribution in [0.1, 0.15) is 20.3 Å². The summed E-state index contributed by atoms with van der Waals surface area (Å²) in [6.45, 7) is 9.01. The zero-order valence-electron chi connectivity index (χ0n) is 13.0. The molecule has 1 aliphatic heterocycles. The molecule has 1 rings (SSSR count). The number of nitrogens with zero attached hydrogens (tertiary/aromatic N) is 2. The van der Waals surface area contributed by atoms with Crippen LogP contribution in [-0.4, -0.2) is 79.4 Å². The van der Waals surface area contributed by atoms with Crippen molar-refractivity contribution in [2.24, 2.45) is 5.92 Å². The lowest BCUT2D eigenvalue weighted by molar-refractivity contribution is -0.137. The van der Waals surface area contributed by atoms with Gasteiger partial charge in [-0.1, -0.05) is 13.8 Å². The molecule has 21 heavy (non-hydrogen) atoms. The highest BCUT2D eigenvalue weighted by Crippen LogP contribution is 2.00. The molecule has 122 valence electrons. The number of hydrogen-bond acceptors (Lipinski definition) is 4. The molecule has 0 aromatic carbocycles. The van der Waals surface area contributed by atoms with E-state index in [-0.39, 0.29) is 18.5 Å². The van der Waals surface area contributed by atoms with E-state index in [4.69, 9.17) is 9.84 Å². The number of urea groups is 1. The van der Waals surface area contributed by atoms with Crippen molar-refractivity contribution in [2.75, 3.05) is 52.5 Å². The fourth-order valence-corrected chi connectivity index (χ4v) is 2.26. The number of ether oxygens (including phenoxy) is 1. The first-order chi connectivity index (χ1) is 9.99. The van der Waals surface area contributed by atoms with Gasteiger partial charge >= 0.3 is 12.0 Å². The topological polar surface area (TPSA) is 82.1 Å². The summed E-state index contributed by atoms with van der Waals surface area (Å²) in [6.07, 6.45) is 0.855. The van der Waals surface area contributed by atoms with Gasteiger partial charge in [-0.2, -0.15) is 0 Å². The molecule has 7 nitrogen and oxygen atoms in total. The molecular weight excluding hydrogens is 274 g/mol. The van der Waals surface area contributed by atoms with Crippen LogP contribution in [-0.2, 0) is 9.53 Å². The second kappa shape index (κ2) is 9.57. The number of morpholine rings is 1. The van der Waals surface area contributed by atoms with Gasteiger partial charge in [-0.25, -0.2) is 4.79 Å². The molecule has 2 amide bonds. The smallest absolute Gasteiger partial charge is 0.323 e. The van der Waals surface area contributed by atoms with E-state index in [9.17, 15) is 9.59 Å². The van der Waals surface area contributed by atoms with E-state index in [1.54, 1.807) is 0 Å². The van der Waals surface area contributed by atoms with Crippen molar-refractivity contribution >= 4 is 12.0 Å². The quantitative estimate of drug-likeness (QED) is 0.637. The van der Waals surface area contributed by atoms with Crippen molar-refractivity contribution in [2.45, 2.75) is 20.3 Å². The molecule has 7 heteroatoms. The van der Waals surface area contributed by atoms with Gasteiger partial charge in [0.1, 0.15) is 6.54 Å². The van der Waals surface area contributed by atoms with Crippen LogP contribution in [0.25, 0.3) is 0 Å². The third-order valence-electron chi connectivity index (χ3n) is 3.23. The molecule has 0 aliphatic carbocycles. The van der Waals surface area contributed by atoms with Gasteiger partial charge in [-0.05, 0) is 18.9 Å². The average Bonchev–Trinajstić information content (AvgIpc) is 2.43. The zero-order valence-corrected chi connectivity index (χ0v) is 13.0. The lowest BCUT2D eigenvalue weighted by Gasteiger charge is -2.27. The Morgan fingerprint density at radius 1 is 1.33 bits per heavy atom. The number of carbonyl (C=O) groups is 2. The van der Waals surface area contributed by atoms with E-state index in [0.717, 1.165) is 39.3 Å². The van der Waals surface area contributed by atoms with Crippen molar-refractivity contribution in [3.8, 4) is 0 Å². The molecule has 0 bridgehead atoms. The Hall–Kier alpha value is -1.34. The Kier molecular flexibility index (Phi) is 8.07. The lowest BCUT2D eigenvalue weighted by atomic mass is 10.2. The first-order valence-electron chi connectivity index (χ1n) is 7.53. The van der Waals surface area contributed by atoms with E-state index in [1.165, 1.54) is 4.90 Å². The molecular formula is C14H27N3O4. The van der Waals surface area contributed by atoms with Crippen molar-refractivity contribution in [1.82, 2.24) is 15.1 Å². The monoisotopic (exact) mass is 301 g/mol. The van der Waals surface area contributed by atoms with E-state index in [1.807, 2.05) is 13.8 Å². The number of nitrogens with one attached hydrogen (secondary N) is 1. The van der Waals surface area contributed by atoms with Crippen LogP contribution in [0, 0.1) is 5.92 Å². The number of hydrogen-bond donors (Lipinski definition) is 2. The second-order valence-corrected chi connectivity index (χ2v) is 5.71. The van der Waals surface area contributed by atoms with Crippen LogP contribution in [0.15, 0.2) is 0 Å². The molecule has 1 heterocycles. The minimum atomic E-state index is -0.987. The fourth-order valence-electron chi connectivity index (χ4n) is 2.26. The minimum Gasteiger partial charge on any atom is -0.480 e. The van der Waals surface area contributed by atoms with Gasteiger partial charge in [0.25, 0.3) is 0 Å². The maximum absolute atomic E-state index is 12.0. The first kappa shape index (κ1) is 17.7. The molecule has 0 unspecified atom stereocenters. The standard InChI is InChI=1S/C14H27N3O4/c1-12(2)10-17(11-13(18)19)14(20)15-4-3-5-16-6-8-21-9-7-16/h12H,3-11H2,1-2H3,(H,15,20)(H,18,19). The van der Waals surface area contributed by atoms with E-state index < -0.39 is 5.97 Å². The molecule has 0 saturated carbocycles. The molecule has 0 aromatic heterocycles. The van der Waals surface area contributed by atoms with Crippen molar-refractivity contribution < 1.29 is 19.4 Å². The van der Waals surface area contributed by atoms with E-state index in [0.29, 0.717) is 13.1 Å². The highest BCUT2D eigenvalue weighted by molar-refractivity contribution is 5.80. The minimum absolute atomic E-state index is 0.239. The van der Waals surface area contributed by atoms with Gasteiger partial charge in [0, 0.05) is 26.2 Å².